The van der Waals surface area contributed by atoms with Gasteiger partial charge in [0.1, 0.15) is 11.6 Å². The van der Waals surface area contributed by atoms with E-state index in [9.17, 15) is 18.4 Å². The number of amides is 2. The summed E-state index contributed by atoms with van der Waals surface area (Å²) in [7, 11) is 0. The maximum Gasteiger partial charge on any atom is 0.255 e. The van der Waals surface area contributed by atoms with Gasteiger partial charge in [-0.15, -0.1) is 0 Å². The molecule has 3 aromatic carbocycles. The van der Waals surface area contributed by atoms with Crippen LogP contribution in [0.5, 0.6) is 0 Å². The normalized spacial score (nSPS) is 10.4. The zero-order valence-electron chi connectivity index (χ0n) is 14.1. The van der Waals surface area contributed by atoms with Gasteiger partial charge in [0.25, 0.3) is 11.8 Å². The molecule has 3 aromatic rings. The van der Waals surface area contributed by atoms with Gasteiger partial charge in [-0.3, -0.25) is 9.59 Å². The van der Waals surface area contributed by atoms with Crippen molar-refractivity contribution in [1.82, 2.24) is 0 Å². The minimum atomic E-state index is -0.586. The first-order valence-corrected chi connectivity index (χ1v) is 8.72. The maximum absolute atomic E-state index is 13.2. The predicted molar refractivity (Wildman–Crippen MR) is 105 cm³/mol. The van der Waals surface area contributed by atoms with Gasteiger partial charge in [0.15, 0.2) is 0 Å². The topological polar surface area (TPSA) is 58.2 Å². The molecule has 0 radical (unpaired) electrons. The van der Waals surface area contributed by atoms with E-state index in [1.807, 2.05) is 0 Å². The van der Waals surface area contributed by atoms with Gasteiger partial charge in [-0.05, 0) is 60.7 Å². The maximum atomic E-state index is 13.2. The molecule has 3 rings (SSSR count). The number of hydrogen-bond acceptors (Lipinski definition) is 2. The monoisotopic (exact) mass is 420 g/mol. The summed E-state index contributed by atoms with van der Waals surface area (Å²) in [5.74, 6) is -2.06. The van der Waals surface area contributed by atoms with Gasteiger partial charge >= 0.3 is 0 Å². The Hall–Kier alpha value is -2.96. The van der Waals surface area contributed by atoms with Crippen LogP contribution in [0.4, 0.5) is 20.2 Å². The fraction of sp³-hybridized carbons (Fsp3) is 0. The number of benzene rings is 3. The molecular weight excluding hydrogens is 409 g/mol. The summed E-state index contributed by atoms with van der Waals surface area (Å²) in [5.41, 5.74) is 1.27. The molecule has 0 aliphatic carbocycles. The van der Waals surface area contributed by atoms with Crippen molar-refractivity contribution in [3.8, 4) is 0 Å². The fourth-order valence-electron chi connectivity index (χ4n) is 2.33. The average Bonchev–Trinajstić information content (AvgIpc) is 2.67. The Morgan fingerprint density at radius 1 is 0.643 bits per heavy atom. The van der Waals surface area contributed by atoms with E-state index in [1.54, 1.807) is 0 Å². The third kappa shape index (κ3) is 4.65. The molecule has 142 valence electrons. The van der Waals surface area contributed by atoms with Gasteiger partial charge in [-0.2, -0.15) is 0 Å². The molecule has 0 saturated heterocycles. The Bertz CT molecular complexity index is 972. The van der Waals surface area contributed by atoms with Crippen molar-refractivity contribution in [2.24, 2.45) is 0 Å². The van der Waals surface area contributed by atoms with Crippen LogP contribution in [0.15, 0.2) is 60.7 Å². The molecule has 0 bridgehead atoms. The van der Waals surface area contributed by atoms with Crippen molar-refractivity contribution in [3.05, 3.63) is 93.5 Å². The molecule has 2 N–H and O–H groups in total. The van der Waals surface area contributed by atoms with Crippen molar-refractivity contribution in [2.45, 2.75) is 0 Å². The van der Waals surface area contributed by atoms with Crippen molar-refractivity contribution in [3.63, 3.8) is 0 Å². The van der Waals surface area contributed by atoms with E-state index in [-0.39, 0.29) is 10.0 Å². The standard InChI is InChI=1S/C20H12Cl2F2N2O2/c21-15-9-13(5-7-17(15)23)25-19(27)11-1-2-12(4-3-11)20(28)26-14-6-8-18(24)16(22)10-14/h1-10H,(H,25,27)(H,26,28). The van der Waals surface area contributed by atoms with Crippen molar-refractivity contribution in [2.75, 3.05) is 10.6 Å². The highest BCUT2D eigenvalue weighted by Gasteiger charge is 2.11. The number of anilines is 2. The Balaban J connectivity index is 1.67. The summed E-state index contributed by atoms with van der Waals surface area (Å²) in [4.78, 5) is 24.5. The summed E-state index contributed by atoms with van der Waals surface area (Å²) in [5, 5.41) is 4.96. The minimum Gasteiger partial charge on any atom is -0.322 e. The van der Waals surface area contributed by atoms with Crippen LogP contribution >= 0.6 is 23.2 Å². The molecule has 0 aromatic heterocycles. The lowest BCUT2D eigenvalue weighted by Gasteiger charge is -2.08. The summed E-state index contributed by atoms with van der Waals surface area (Å²) in [6, 6.07) is 13.5. The van der Waals surface area contributed by atoms with Crippen molar-refractivity contribution >= 4 is 46.4 Å². The largest absolute Gasteiger partial charge is 0.322 e. The quantitative estimate of drug-likeness (QED) is 0.562. The predicted octanol–water partition coefficient (Wildman–Crippen LogP) is 5.78. The average molecular weight is 421 g/mol. The molecule has 0 aliphatic rings. The van der Waals surface area contributed by atoms with Gasteiger partial charge < -0.3 is 10.6 Å². The summed E-state index contributed by atoms with van der Waals surface area (Å²) in [6.45, 7) is 0. The second-order valence-electron chi connectivity index (χ2n) is 5.74. The molecule has 0 unspecified atom stereocenters. The van der Waals surface area contributed by atoms with E-state index < -0.39 is 23.4 Å². The van der Waals surface area contributed by atoms with Crippen LogP contribution in [0, 0.1) is 11.6 Å². The van der Waals surface area contributed by atoms with Gasteiger partial charge in [0, 0.05) is 22.5 Å². The van der Waals surface area contributed by atoms with Crippen LogP contribution in [0.3, 0.4) is 0 Å². The molecule has 4 nitrogen and oxygen atoms in total. The van der Waals surface area contributed by atoms with Crippen LogP contribution in [0.25, 0.3) is 0 Å². The second-order valence-corrected chi connectivity index (χ2v) is 6.56. The minimum absolute atomic E-state index is 0.106. The number of rotatable bonds is 4. The van der Waals surface area contributed by atoms with E-state index in [2.05, 4.69) is 10.6 Å². The molecule has 0 aliphatic heterocycles. The zero-order valence-corrected chi connectivity index (χ0v) is 15.6. The Morgan fingerprint density at radius 3 is 1.32 bits per heavy atom. The first-order chi connectivity index (χ1) is 13.3. The molecular formula is C20H12Cl2F2N2O2. The van der Waals surface area contributed by atoms with Crippen LogP contribution in [0.2, 0.25) is 10.0 Å². The van der Waals surface area contributed by atoms with Crippen LogP contribution < -0.4 is 10.6 Å². The number of nitrogens with one attached hydrogen (secondary N) is 2. The fourth-order valence-corrected chi connectivity index (χ4v) is 2.69. The van der Waals surface area contributed by atoms with Crippen LogP contribution in [-0.2, 0) is 0 Å². The van der Waals surface area contributed by atoms with E-state index in [4.69, 9.17) is 23.2 Å². The third-order valence-corrected chi connectivity index (χ3v) is 4.34. The summed E-state index contributed by atoms with van der Waals surface area (Å²) >= 11 is 11.4. The van der Waals surface area contributed by atoms with E-state index >= 15 is 0 Å². The summed E-state index contributed by atoms with van der Waals surface area (Å²) < 4.78 is 26.3. The third-order valence-electron chi connectivity index (χ3n) is 3.76. The Morgan fingerprint density at radius 2 is 1.00 bits per heavy atom. The highest BCUT2D eigenvalue weighted by molar-refractivity contribution is 6.31. The number of carbonyl (C=O) groups is 2. The number of carbonyl (C=O) groups excluding carboxylic acids is 2. The molecule has 8 heteroatoms. The molecule has 2 amide bonds. The SMILES string of the molecule is O=C(Nc1ccc(F)c(Cl)c1)c1ccc(C(=O)Nc2ccc(F)c(Cl)c2)cc1. The molecule has 0 atom stereocenters. The Kier molecular flexibility index (Phi) is 5.92. The van der Waals surface area contributed by atoms with Crippen LogP contribution in [-0.4, -0.2) is 11.8 Å². The smallest absolute Gasteiger partial charge is 0.255 e. The van der Waals surface area contributed by atoms with Crippen LogP contribution in [0.1, 0.15) is 20.7 Å². The van der Waals surface area contributed by atoms with E-state index in [0.717, 1.165) is 12.1 Å². The summed E-state index contributed by atoms with van der Waals surface area (Å²) in [6.07, 6.45) is 0. The number of hydrogen-bond donors (Lipinski definition) is 2. The highest BCUT2D eigenvalue weighted by Crippen LogP contribution is 2.21. The second kappa shape index (κ2) is 8.37. The molecule has 0 fully saturated rings. The lowest BCUT2D eigenvalue weighted by Crippen LogP contribution is -2.14. The highest BCUT2D eigenvalue weighted by atomic mass is 35.5. The lowest BCUT2D eigenvalue weighted by atomic mass is 10.1. The molecule has 0 saturated carbocycles. The number of halogens is 4. The lowest BCUT2D eigenvalue weighted by molar-refractivity contribution is 0.101. The first kappa shape index (κ1) is 19.8. The van der Waals surface area contributed by atoms with Gasteiger partial charge in [0.2, 0.25) is 0 Å². The van der Waals surface area contributed by atoms with Crippen molar-refractivity contribution in [1.29, 1.82) is 0 Å². The van der Waals surface area contributed by atoms with E-state index in [1.165, 1.54) is 48.5 Å². The molecule has 0 spiro atoms. The van der Waals surface area contributed by atoms with Gasteiger partial charge in [-0.25, -0.2) is 8.78 Å². The van der Waals surface area contributed by atoms with Gasteiger partial charge in [0.05, 0.1) is 10.0 Å². The Labute approximate surface area is 169 Å². The zero-order chi connectivity index (χ0) is 20.3. The van der Waals surface area contributed by atoms with Gasteiger partial charge in [-0.1, -0.05) is 23.2 Å². The molecule has 28 heavy (non-hydrogen) atoms. The van der Waals surface area contributed by atoms with Crippen molar-refractivity contribution < 1.29 is 18.4 Å². The van der Waals surface area contributed by atoms with E-state index in [0.29, 0.717) is 22.5 Å². The molecule has 0 heterocycles. The first-order valence-electron chi connectivity index (χ1n) is 7.96.